The first-order chi connectivity index (χ1) is 25.9. The molecular weight excluding hydrogens is 756 g/mol. The van der Waals surface area contributed by atoms with Crippen molar-refractivity contribution in [3.05, 3.63) is 119 Å². The summed E-state index contributed by atoms with van der Waals surface area (Å²) in [6.07, 6.45) is -1.12. The molecule has 7 rings (SSSR count). The van der Waals surface area contributed by atoms with E-state index in [1.165, 1.54) is 35.9 Å². The van der Waals surface area contributed by atoms with E-state index in [0.29, 0.717) is 35.6 Å². The molecule has 55 heavy (non-hydrogen) atoms. The molecule has 1 amide bonds. The summed E-state index contributed by atoms with van der Waals surface area (Å²) in [6.45, 7) is -0.833. The third-order valence-electron chi connectivity index (χ3n) is 9.08. The molecule has 0 spiro atoms. The summed E-state index contributed by atoms with van der Waals surface area (Å²) < 4.78 is 132. The van der Waals surface area contributed by atoms with Crippen LogP contribution in [0.2, 0.25) is 0 Å². The molecule has 0 unspecified atom stereocenters. The number of carbonyl (C=O) groups is 2. The molecule has 0 saturated heterocycles. The smallest absolute Gasteiger partial charge is 0.413 e. The highest BCUT2D eigenvalue weighted by Gasteiger charge is 2.46. The number of ketones is 1. The third kappa shape index (κ3) is 9.11. The number of hydrogen-bond donors (Lipinski definition) is 1. The molecule has 0 bridgehead atoms. The Morgan fingerprint density at radius 3 is 1.55 bits per heavy atom. The first kappa shape index (κ1) is 38.9. The zero-order valence-electron chi connectivity index (χ0n) is 27.9. The fraction of sp³-hybridized carbons (Fsp3) is 0.314. The van der Waals surface area contributed by atoms with Crippen LogP contribution in [0.4, 0.5) is 43.9 Å². The molecular formula is C35H25F10N7O3. The van der Waals surface area contributed by atoms with Crippen molar-refractivity contribution in [1.82, 2.24) is 35.5 Å². The minimum Gasteiger partial charge on any atom is -0.413 e. The molecule has 2 saturated carbocycles. The van der Waals surface area contributed by atoms with Crippen LogP contribution in [0, 0.1) is 23.3 Å². The van der Waals surface area contributed by atoms with Gasteiger partial charge in [-0.15, -0.1) is 10.2 Å². The molecule has 3 heterocycles. The number of aromatic nitrogens is 6. The number of alkyl halides is 6. The van der Waals surface area contributed by atoms with Gasteiger partial charge in [0, 0.05) is 48.5 Å². The Balaban J connectivity index is 0.000000187. The van der Waals surface area contributed by atoms with Crippen LogP contribution >= 0.6 is 0 Å². The Morgan fingerprint density at radius 2 is 1.15 bits per heavy atom. The van der Waals surface area contributed by atoms with Gasteiger partial charge in [-0.25, -0.2) is 37.5 Å². The van der Waals surface area contributed by atoms with Crippen molar-refractivity contribution < 1.29 is 57.9 Å². The number of benzene rings is 2. The van der Waals surface area contributed by atoms with Gasteiger partial charge in [0.15, 0.2) is 29.1 Å². The Hall–Kier alpha value is -5.82. The fourth-order valence-corrected chi connectivity index (χ4v) is 5.66. The topological polar surface area (TPSA) is 137 Å². The van der Waals surface area contributed by atoms with Crippen molar-refractivity contribution in [2.75, 3.05) is 6.54 Å². The molecule has 1 N–H and O–H groups in total. The van der Waals surface area contributed by atoms with E-state index in [1.54, 1.807) is 0 Å². The van der Waals surface area contributed by atoms with Gasteiger partial charge >= 0.3 is 24.2 Å². The van der Waals surface area contributed by atoms with Crippen LogP contribution in [0.3, 0.4) is 0 Å². The zero-order chi connectivity index (χ0) is 39.8. The second-order valence-electron chi connectivity index (χ2n) is 13.0. The summed E-state index contributed by atoms with van der Waals surface area (Å²) in [5, 5.41) is 7.77. The Bertz CT molecular complexity index is 2200. The lowest BCUT2D eigenvalue weighted by Gasteiger charge is -2.15. The maximum atomic E-state index is 13.5. The van der Waals surface area contributed by atoms with Crippen molar-refractivity contribution in [2.24, 2.45) is 0 Å². The van der Waals surface area contributed by atoms with E-state index in [4.69, 9.17) is 0 Å². The molecule has 3 aromatic heterocycles. The molecule has 2 aliphatic carbocycles. The van der Waals surface area contributed by atoms with Crippen LogP contribution < -0.4 is 5.32 Å². The lowest BCUT2D eigenvalue weighted by Crippen LogP contribution is -2.39. The molecule has 288 valence electrons. The summed E-state index contributed by atoms with van der Waals surface area (Å²) in [7, 11) is 0. The normalized spacial score (nSPS) is 15.5. The van der Waals surface area contributed by atoms with Gasteiger partial charge < -0.3 is 9.73 Å². The van der Waals surface area contributed by atoms with Crippen LogP contribution in [-0.2, 0) is 34.6 Å². The first-order valence-electron chi connectivity index (χ1n) is 16.2. The Labute approximate surface area is 303 Å². The van der Waals surface area contributed by atoms with Gasteiger partial charge in [0.1, 0.15) is 11.6 Å². The predicted molar refractivity (Wildman–Crippen MR) is 168 cm³/mol. The van der Waals surface area contributed by atoms with Gasteiger partial charge in [0.25, 0.3) is 5.89 Å². The van der Waals surface area contributed by atoms with E-state index in [0.717, 1.165) is 56.3 Å². The molecule has 0 atom stereocenters. The number of nitrogens with one attached hydrogen (secondary N) is 1. The number of hydrogen-bond acceptors (Lipinski definition) is 9. The van der Waals surface area contributed by atoms with Gasteiger partial charge in [-0.1, -0.05) is 12.1 Å². The number of amides is 1. The van der Waals surface area contributed by atoms with Crippen LogP contribution in [0.5, 0.6) is 0 Å². The zero-order valence-corrected chi connectivity index (χ0v) is 27.9. The van der Waals surface area contributed by atoms with E-state index >= 15 is 0 Å². The maximum Gasteiger partial charge on any atom is 0.471 e. The van der Waals surface area contributed by atoms with Gasteiger partial charge in [-0.05, 0) is 61.1 Å². The molecule has 0 aliphatic heterocycles. The Morgan fingerprint density at radius 1 is 0.673 bits per heavy atom. The minimum absolute atomic E-state index is 0.0519. The number of Topliss-reactive ketones (excluding diaryl/α,β-unsaturated/α-hetero) is 1. The van der Waals surface area contributed by atoms with Gasteiger partial charge in [-0.3, -0.25) is 9.59 Å². The highest BCUT2D eigenvalue weighted by atomic mass is 19.4. The monoisotopic (exact) mass is 781 g/mol. The number of rotatable bonds is 10. The van der Waals surface area contributed by atoms with Crippen LogP contribution in [-0.4, -0.2) is 54.5 Å². The number of halogens is 10. The SMILES string of the molecule is Fc1ccc(C2(Cc3ncc(-c4nnc(C(F)(F)F)o4)cn3)CC2)cc1F.O=C(CNC(=O)C(F)(F)F)c1cnc(CC2(c3ccc(F)c(F)c3)CC2)nc1. The van der Waals surface area contributed by atoms with Gasteiger partial charge in [0.05, 0.1) is 17.7 Å². The van der Waals surface area contributed by atoms with Gasteiger partial charge in [0.2, 0.25) is 0 Å². The maximum absolute atomic E-state index is 13.5. The summed E-state index contributed by atoms with van der Waals surface area (Å²) in [5.74, 6) is -7.67. The molecule has 10 nitrogen and oxygen atoms in total. The largest absolute Gasteiger partial charge is 0.471 e. The predicted octanol–water partition coefficient (Wildman–Crippen LogP) is 6.99. The van der Waals surface area contributed by atoms with E-state index in [1.807, 2.05) is 0 Å². The third-order valence-corrected chi connectivity index (χ3v) is 9.08. The highest BCUT2D eigenvalue weighted by Crippen LogP contribution is 2.51. The number of carbonyl (C=O) groups excluding carboxylic acids is 2. The van der Waals surface area contributed by atoms with E-state index in [-0.39, 0.29) is 22.4 Å². The highest BCUT2D eigenvalue weighted by molar-refractivity contribution is 5.99. The molecule has 20 heteroatoms. The van der Waals surface area contributed by atoms with Crippen molar-refractivity contribution in [1.29, 1.82) is 0 Å². The standard InChI is InChI=1S/C18H14F5N3O2.C17H11F5N4O/c19-12-2-1-11(5-13(12)20)17(3-4-17)6-15-24-7-10(8-25-15)14(27)9-26-16(28)18(21,22)23;18-11-2-1-10(5-12(11)19)16(3-4-16)6-13-23-7-9(8-24-13)14-25-26-15(27-14)17(20,21)22/h1-2,5,7-8H,3-4,6,9H2,(H,26,28);1-2,5,7-8H,3-4,6H2. The average molecular weight is 782 g/mol. The lowest BCUT2D eigenvalue weighted by molar-refractivity contribution is -0.173. The van der Waals surface area contributed by atoms with Crippen molar-refractivity contribution in [3.8, 4) is 11.5 Å². The molecule has 2 fully saturated rings. The Kier molecular flexibility index (Phi) is 10.5. The lowest BCUT2D eigenvalue weighted by atomic mass is 9.92. The van der Waals surface area contributed by atoms with E-state index < -0.39 is 65.2 Å². The van der Waals surface area contributed by atoms with E-state index in [9.17, 15) is 53.5 Å². The van der Waals surface area contributed by atoms with Crippen molar-refractivity contribution in [3.63, 3.8) is 0 Å². The van der Waals surface area contributed by atoms with Gasteiger partial charge in [-0.2, -0.15) is 26.3 Å². The van der Waals surface area contributed by atoms with Crippen molar-refractivity contribution in [2.45, 2.75) is 61.7 Å². The van der Waals surface area contributed by atoms with Crippen molar-refractivity contribution >= 4 is 11.7 Å². The second-order valence-corrected chi connectivity index (χ2v) is 13.0. The fourth-order valence-electron chi connectivity index (χ4n) is 5.66. The van der Waals surface area contributed by atoms with Crippen LogP contribution in [0.25, 0.3) is 11.5 Å². The average Bonchev–Trinajstić information content (AvgIpc) is 4.05. The molecule has 2 aromatic carbocycles. The minimum atomic E-state index is -5.07. The summed E-state index contributed by atoms with van der Waals surface area (Å²) in [4.78, 5) is 38.9. The van der Waals surface area contributed by atoms with Crippen LogP contribution in [0.1, 0.15) is 64.7 Å². The number of nitrogens with zero attached hydrogens (tertiary/aromatic N) is 6. The van der Waals surface area contributed by atoms with Crippen LogP contribution in [0.15, 0.2) is 65.6 Å². The quantitative estimate of drug-likeness (QED) is 0.118. The molecule has 0 radical (unpaired) electrons. The van der Waals surface area contributed by atoms with E-state index in [2.05, 4.69) is 34.6 Å². The summed E-state index contributed by atoms with van der Waals surface area (Å²) in [6, 6.07) is 7.51. The second kappa shape index (κ2) is 14.8. The summed E-state index contributed by atoms with van der Waals surface area (Å²) in [5.41, 5.74) is 0.638. The first-order valence-corrected chi connectivity index (χ1v) is 16.2. The molecule has 5 aromatic rings. The molecule has 2 aliphatic rings. The summed E-state index contributed by atoms with van der Waals surface area (Å²) >= 11 is 0.